The van der Waals surface area contributed by atoms with Crippen LogP contribution in [0.1, 0.15) is 11.1 Å². The van der Waals surface area contributed by atoms with Crippen LogP contribution in [0.25, 0.3) is 22.4 Å². The van der Waals surface area contributed by atoms with E-state index in [2.05, 4.69) is 41.1 Å². The molecular formula is C16H12BrN3. The van der Waals surface area contributed by atoms with Gasteiger partial charge in [0.25, 0.3) is 0 Å². The number of imidazole rings is 1. The van der Waals surface area contributed by atoms with Crippen LogP contribution in [-0.4, -0.2) is 9.55 Å². The van der Waals surface area contributed by atoms with Crippen molar-refractivity contribution in [2.24, 2.45) is 7.05 Å². The third kappa shape index (κ3) is 2.00. The number of nitrogens with zero attached hydrogens (tertiary/aromatic N) is 3. The molecule has 3 nitrogen and oxygen atoms in total. The molecule has 98 valence electrons. The summed E-state index contributed by atoms with van der Waals surface area (Å²) in [6.45, 7) is 2.07. The van der Waals surface area contributed by atoms with Gasteiger partial charge in [-0.05, 0) is 42.8 Å². The molecule has 0 aliphatic heterocycles. The second-order valence-corrected chi connectivity index (χ2v) is 5.68. The summed E-state index contributed by atoms with van der Waals surface area (Å²) in [5.74, 6) is 0.911. The average molecular weight is 326 g/mol. The molecule has 2 aromatic carbocycles. The van der Waals surface area contributed by atoms with Crippen molar-refractivity contribution >= 4 is 27.0 Å². The van der Waals surface area contributed by atoms with Crippen molar-refractivity contribution in [3.8, 4) is 17.5 Å². The predicted octanol–water partition coefficient (Wildman–Crippen LogP) is 4.18. The molecule has 0 saturated carbocycles. The van der Waals surface area contributed by atoms with Gasteiger partial charge < -0.3 is 4.57 Å². The van der Waals surface area contributed by atoms with Gasteiger partial charge in [-0.25, -0.2) is 4.98 Å². The van der Waals surface area contributed by atoms with Gasteiger partial charge in [0.1, 0.15) is 5.82 Å². The van der Waals surface area contributed by atoms with E-state index < -0.39 is 0 Å². The summed E-state index contributed by atoms with van der Waals surface area (Å²) in [7, 11) is 1.98. The van der Waals surface area contributed by atoms with Gasteiger partial charge in [0.2, 0.25) is 0 Å². The van der Waals surface area contributed by atoms with E-state index in [4.69, 9.17) is 10.2 Å². The minimum atomic E-state index is 0.651. The Bertz CT molecular complexity index is 856. The first-order valence-corrected chi connectivity index (χ1v) is 7.02. The number of halogens is 1. The lowest BCUT2D eigenvalue weighted by atomic mass is 10.1. The maximum Gasteiger partial charge on any atom is 0.141 e. The lowest BCUT2D eigenvalue weighted by molar-refractivity contribution is 0.957. The standard InChI is InChI=1S/C16H12BrN3/c1-10-3-5-12(17)8-13(10)16-19-14-6-4-11(9-18)7-15(14)20(16)2/h3-8H,1-2H3. The maximum atomic E-state index is 9.01. The molecule has 0 unspecified atom stereocenters. The van der Waals surface area contributed by atoms with Crippen LogP contribution in [-0.2, 0) is 7.05 Å². The second kappa shape index (κ2) is 4.77. The number of benzene rings is 2. The van der Waals surface area contributed by atoms with E-state index in [1.807, 2.05) is 29.8 Å². The summed E-state index contributed by atoms with van der Waals surface area (Å²) in [6, 6.07) is 13.9. The van der Waals surface area contributed by atoms with E-state index >= 15 is 0 Å². The smallest absolute Gasteiger partial charge is 0.141 e. The molecule has 0 amide bonds. The zero-order valence-corrected chi connectivity index (χ0v) is 12.8. The van der Waals surface area contributed by atoms with Gasteiger partial charge in [-0.15, -0.1) is 0 Å². The van der Waals surface area contributed by atoms with Crippen LogP contribution in [0.3, 0.4) is 0 Å². The molecule has 0 spiro atoms. The minimum absolute atomic E-state index is 0.651. The zero-order chi connectivity index (χ0) is 14.3. The Kier molecular flexibility index (Phi) is 3.07. The molecule has 1 heterocycles. The molecule has 4 heteroatoms. The van der Waals surface area contributed by atoms with Gasteiger partial charge >= 0.3 is 0 Å². The molecule has 0 aliphatic rings. The Morgan fingerprint density at radius 3 is 2.75 bits per heavy atom. The third-order valence-corrected chi connectivity index (χ3v) is 3.94. The molecule has 0 bridgehead atoms. The van der Waals surface area contributed by atoms with Crippen molar-refractivity contribution in [1.82, 2.24) is 9.55 Å². The largest absolute Gasteiger partial charge is 0.327 e. The molecule has 3 aromatic rings. The Morgan fingerprint density at radius 2 is 2.00 bits per heavy atom. The number of hydrogen-bond donors (Lipinski definition) is 0. The highest BCUT2D eigenvalue weighted by Crippen LogP contribution is 2.29. The zero-order valence-electron chi connectivity index (χ0n) is 11.2. The third-order valence-electron chi connectivity index (χ3n) is 3.45. The topological polar surface area (TPSA) is 41.6 Å². The van der Waals surface area contributed by atoms with Crippen LogP contribution in [0.4, 0.5) is 0 Å². The minimum Gasteiger partial charge on any atom is -0.327 e. The molecule has 0 radical (unpaired) electrons. The van der Waals surface area contributed by atoms with Crippen molar-refractivity contribution in [3.05, 3.63) is 52.0 Å². The lowest BCUT2D eigenvalue weighted by Gasteiger charge is -2.06. The first-order chi connectivity index (χ1) is 9.60. The predicted molar refractivity (Wildman–Crippen MR) is 83.3 cm³/mol. The van der Waals surface area contributed by atoms with E-state index in [0.717, 1.165) is 26.9 Å². The molecule has 0 saturated heterocycles. The number of aryl methyl sites for hydroxylation is 2. The van der Waals surface area contributed by atoms with Crippen molar-refractivity contribution in [1.29, 1.82) is 5.26 Å². The molecule has 0 fully saturated rings. The first kappa shape index (κ1) is 12.9. The highest BCUT2D eigenvalue weighted by atomic mass is 79.9. The van der Waals surface area contributed by atoms with Crippen molar-refractivity contribution in [2.45, 2.75) is 6.92 Å². The Morgan fingerprint density at radius 1 is 1.20 bits per heavy atom. The monoisotopic (exact) mass is 325 g/mol. The molecule has 20 heavy (non-hydrogen) atoms. The second-order valence-electron chi connectivity index (χ2n) is 4.77. The van der Waals surface area contributed by atoms with Crippen molar-refractivity contribution in [3.63, 3.8) is 0 Å². The van der Waals surface area contributed by atoms with Crippen LogP contribution in [0.2, 0.25) is 0 Å². The highest BCUT2D eigenvalue weighted by molar-refractivity contribution is 9.10. The highest BCUT2D eigenvalue weighted by Gasteiger charge is 2.12. The maximum absolute atomic E-state index is 9.01. The Labute approximate surface area is 125 Å². The molecule has 0 N–H and O–H groups in total. The molecule has 1 aromatic heterocycles. The van der Waals surface area contributed by atoms with E-state index in [0.29, 0.717) is 5.56 Å². The first-order valence-electron chi connectivity index (χ1n) is 6.23. The van der Waals surface area contributed by atoms with E-state index in [1.165, 1.54) is 5.56 Å². The molecule has 0 aliphatic carbocycles. The van der Waals surface area contributed by atoms with Gasteiger partial charge in [0, 0.05) is 17.1 Å². The summed E-state index contributed by atoms with van der Waals surface area (Å²) >= 11 is 3.50. The Balaban J connectivity index is 2.30. The van der Waals surface area contributed by atoms with E-state index in [9.17, 15) is 0 Å². The quantitative estimate of drug-likeness (QED) is 0.673. The summed E-state index contributed by atoms with van der Waals surface area (Å²) in [5.41, 5.74) is 4.79. The number of aromatic nitrogens is 2. The Hall–Kier alpha value is -2.12. The van der Waals surface area contributed by atoms with Crippen LogP contribution in [0.15, 0.2) is 40.9 Å². The van der Waals surface area contributed by atoms with Crippen molar-refractivity contribution in [2.75, 3.05) is 0 Å². The fourth-order valence-electron chi connectivity index (χ4n) is 2.34. The number of rotatable bonds is 1. The SMILES string of the molecule is Cc1ccc(Br)cc1-c1nc2ccc(C#N)cc2n1C. The summed E-state index contributed by atoms with van der Waals surface area (Å²) < 4.78 is 3.06. The lowest BCUT2D eigenvalue weighted by Crippen LogP contribution is -1.94. The van der Waals surface area contributed by atoms with Crippen LogP contribution in [0, 0.1) is 18.3 Å². The fraction of sp³-hybridized carbons (Fsp3) is 0.125. The van der Waals surface area contributed by atoms with E-state index in [-0.39, 0.29) is 0 Å². The summed E-state index contributed by atoms with van der Waals surface area (Å²) in [6.07, 6.45) is 0. The molecular weight excluding hydrogens is 314 g/mol. The van der Waals surface area contributed by atoms with Crippen LogP contribution >= 0.6 is 15.9 Å². The van der Waals surface area contributed by atoms with Gasteiger partial charge in [-0.3, -0.25) is 0 Å². The fourth-order valence-corrected chi connectivity index (χ4v) is 2.70. The number of fused-ring (bicyclic) bond motifs is 1. The van der Waals surface area contributed by atoms with Gasteiger partial charge in [-0.1, -0.05) is 22.0 Å². The summed E-state index contributed by atoms with van der Waals surface area (Å²) in [4.78, 5) is 4.69. The van der Waals surface area contributed by atoms with E-state index in [1.54, 1.807) is 6.07 Å². The van der Waals surface area contributed by atoms with Gasteiger partial charge in [0.15, 0.2) is 0 Å². The van der Waals surface area contributed by atoms with Gasteiger partial charge in [-0.2, -0.15) is 5.26 Å². The summed E-state index contributed by atoms with van der Waals surface area (Å²) in [5, 5.41) is 9.01. The average Bonchev–Trinajstić information content (AvgIpc) is 2.78. The van der Waals surface area contributed by atoms with Gasteiger partial charge in [0.05, 0.1) is 22.7 Å². The number of nitriles is 1. The molecule has 0 atom stereocenters. The normalized spacial score (nSPS) is 10.7. The number of hydrogen-bond acceptors (Lipinski definition) is 2. The van der Waals surface area contributed by atoms with Crippen LogP contribution < -0.4 is 0 Å². The molecule has 3 rings (SSSR count). The van der Waals surface area contributed by atoms with Crippen molar-refractivity contribution < 1.29 is 0 Å². The van der Waals surface area contributed by atoms with Crippen LogP contribution in [0.5, 0.6) is 0 Å².